The van der Waals surface area contributed by atoms with Crippen molar-refractivity contribution in [2.24, 2.45) is 4.99 Å². The van der Waals surface area contributed by atoms with Gasteiger partial charge in [0, 0.05) is 17.2 Å². The van der Waals surface area contributed by atoms with Gasteiger partial charge in [-0.1, -0.05) is 91.0 Å². The van der Waals surface area contributed by atoms with Crippen LogP contribution in [0.15, 0.2) is 108 Å². The zero-order valence-corrected chi connectivity index (χ0v) is 15.3. The second-order valence-corrected chi connectivity index (χ2v) is 6.74. The van der Waals surface area contributed by atoms with Gasteiger partial charge in [0.25, 0.3) is 0 Å². The van der Waals surface area contributed by atoms with Gasteiger partial charge in [-0.05, 0) is 28.5 Å². The van der Waals surface area contributed by atoms with Crippen LogP contribution in [0.3, 0.4) is 0 Å². The fraction of sp³-hybridized carbons (Fsp3) is 0. The topological polar surface area (TPSA) is 25.2 Å². The van der Waals surface area contributed by atoms with E-state index in [0.717, 1.165) is 33.4 Å². The molecule has 0 spiro atoms. The first-order chi connectivity index (χ1) is 13.9. The molecule has 2 nitrogen and oxygen atoms in total. The van der Waals surface area contributed by atoms with E-state index in [1.54, 1.807) is 0 Å². The highest BCUT2D eigenvalue weighted by atomic mass is 14.8. The Labute approximate surface area is 163 Å². The number of rotatable bonds is 3. The highest BCUT2D eigenvalue weighted by Gasteiger charge is 2.08. The van der Waals surface area contributed by atoms with Crippen molar-refractivity contribution in [1.29, 1.82) is 0 Å². The number of aliphatic imine (C=N–C) groups is 1. The maximum atomic E-state index is 4.99. The van der Waals surface area contributed by atoms with Crippen LogP contribution in [0.2, 0.25) is 0 Å². The second-order valence-electron chi connectivity index (χ2n) is 6.74. The number of para-hydroxylation sites is 1. The van der Waals surface area contributed by atoms with E-state index in [1.807, 2.05) is 48.7 Å². The van der Waals surface area contributed by atoms with Crippen molar-refractivity contribution in [3.63, 3.8) is 0 Å². The van der Waals surface area contributed by atoms with Crippen LogP contribution in [-0.2, 0) is 0 Å². The summed E-state index contributed by atoms with van der Waals surface area (Å²) in [7, 11) is 0. The number of fused-ring (bicyclic) bond motifs is 2. The maximum Gasteiger partial charge on any atom is 0.0965 e. The number of aromatic nitrogens is 1. The Morgan fingerprint density at radius 2 is 1.36 bits per heavy atom. The summed E-state index contributed by atoms with van der Waals surface area (Å²) in [5.41, 5.74) is 4.97. The molecule has 0 unspecified atom stereocenters. The van der Waals surface area contributed by atoms with Gasteiger partial charge < -0.3 is 0 Å². The standard InChI is InChI=1S/C26H18N2/c1-2-8-19(9-3-1)18-27-25-15-7-12-21-16-17-24(28-26(21)25)23-14-6-11-20-10-4-5-13-22(20)23/h1-18H/b27-18+. The molecule has 2 heteroatoms. The monoisotopic (exact) mass is 358 g/mol. The predicted octanol–water partition coefficient (Wildman–Crippen LogP) is 6.81. The van der Waals surface area contributed by atoms with Gasteiger partial charge in [-0.3, -0.25) is 4.99 Å². The quantitative estimate of drug-likeness (QED) is 0.325. The molecule has 1 heterocycles. The van der Waals surface area contributed by atoms with Crippen molar-refractivity contribution in [3.8, 4) is 11.3 Å². The summed E-state index contributed by atoms with van der Waals surface area (Å²) in [6.45, 7) is 0. The number of benzene rings is 4. The number of hydrogen-bond donors (Lipinski definition) is 0. The largest absolute Gasteiger partial charge is 0.254 e. The number of hydrogen-bond acceptors (Lipinski definition) is 2. The highest BCUT2D eigenvalue weighted by Crippen LogP contribution is 2.31. The summed E-state index contributed by atoms with van der Waals surface area (Å²) in [6, 6.07) is 35.2. The molecule has 0 bridgehead atoms. The van der Waals surface area contributed by atoms with Gasteiger partial charge in [0.15, 0.2) is 0 Å². The van der Waals surface area contributed by atoms with Gasteiger partial charge in [0.2, 0.25) is 0 Å². The fourth-order valence-electron chi connectivity index (χ4n) is 3.52. The molecule has 1 aromatic heterocycles. The van der Waals surface area contributed by atoms with E-state index in [-0.39, 0.29) is 0 Å². The molecule has 0 fully saturated rings. The molecule has 0 aliphatic carbocycles. The van der Waals surface area contributed by atoms with Crippen LogP contribution in [-0.4, -0.2) is 11.2 Å². The summed E-state index contributed by atoms with van der Waals surface area (Å²) >= 11 is 0. The van der Waals surface area contributed by atoms with Crippen LogP contribution in [0, 0.1) is 0 Å². The van der Waals surface area contributed by atoms with Crippen LogP contribution in [0.25, 0.3) is 32.9 Å². The van der Waals surface area contributed by atoms with Crippen molar-refractivity contribution in [1.82, 2.24) is 4.98 Å². The fourth-order valence-corrected chi connectivity index (χ4v) is 3.52. The zero-order valence-electron chi connectivity index (χ0n) is 15.3. The van der Waals surface area contributed by atoms with Crippen LogP contribution >= 0.6 is 0 Å². The maximum absolute atomic E-state index is 4.99. The Hall–Kier alpha value is -3.78. The van der Waals surface area contributed by atoms with Crippen molar-refractivity contribution in [2.75, 3.05) is 0 Å². The molecule has 28 heavy (non-hydrogen) atoms. The van der Waals surface area contributed by atoms with E-state index in [2.05, 4.69) is 60.7 Å². The van der Waals surface area contributed by atoms with Gasteiger partial charge in [-0.25, -0.2) is 4.98 Å². The summed E-state index contributed by atoms with van der Waals surface area (Å²) in [5.74, 6) is 0. The molecule has 0 radical (unpaired) electrons. The van der Waals surface area contributed by atoms with E-state index in [4.69, 9.17) is 9.98 Å². The Morgan fingerprint density at radius 3 is 2.29 bits per heavy atom. The van der Waals surface area contributed by atoms with Crippen molar-refractivity contribution < 1.29 is 0 Å². The first-order valence-electron chi connectivity index (χ1n) is 9.35. The van der Waals surface area contributed by atoms with Gasteiger partial charge in [0.1, 0.15) is 0 Å². The molecule has 5 rings (SSSR count). The van der Waals surface area contributed by atoms with Gasteiger partial charge in [0.05, 0.1) is 16.9 Å². The van der Waals surface area contributed by atoms with Gasteiger partial charge >= 0.3 is 0 Å². The van der Waals surface area contributed by atoms with Crippen molar-refractivity contribution >= 4 is 33.6 Å². The summed E-state index contributed by atoms with van der Waals surface area (Å²) in [4.78, 5) is 9.71. The SMILES string of the molecule is C(=N\c1cccc2ccc(-c3cccc4ccccc34)nc12)/c1ccccc1. The molecule has 0 saturated carbocycles. The predicted molar refractivity (Wildman–Crippen MR) is 118 cm³/mol. The van der Waals surface area contributed by atoms with E-state index in [9.17, 15) is 0 Å². The zero-order chi connectivity index (χ0) is 18.8. The molecule has 0 saturated heterocycles. The average molecular weight is 358 g/mol. The number of nitrogens with zero attached hydrogens (tertiary/aromatic N) is 2. The van der Waals surface area contributed by atoms with Crippen molar-refractivity contribution in [2.45, 2.75) is 0 Å². The first kappa shape index (κ1) is 16.4. The minimum atomic E-state index is 0.878. The van der Waals surface area contributed by atoms with Crippen LogP contribution in [0.1, 0.15) is 5.56 Å². The van der Waals surface area contributed by atoms with Gasteiger partial charge in [-0.2, -0.15) is 0 Å². The van der Waals surface area contributed by atoms with Crippen molar-refractivity contribution in [3.05, 3.63) is 109 Å². The third-order valence-corrected chi connectivity index (χ3v) is 4.92. The van der Waals surface area contributed by atoms with Crippen LogP contribution in [0.5, 0.6) is 0 Å². The van der Waals surface area contributed by atoms with Gasteiger partial charge in [-0.15, -0.1) is 0 Å². The number of pyridine rings is 1. The van der Waals surface area contributed by atoms with E-state index in [0.29, 0.717) is 0 Å². The Morgan fingerprint density at radius 1 is 0.607 bits per heavy atom. The van der Waals surface area contributed by atoms with Crippen LogP contribution < -0.4 is 0 Å². The molecule has 0 N–H and O–H groups in total. The molecule has 0 atom stereocenters. The molecule has 0 amide bonds. The summed E-state index contributed by atoms with van der Waals surface area (Å²) in [6.07, 6.45) is 1.89. The molecule has 0 aliphatic rings. The third-order valence-electron chi connectivity index (χ3n) is 4.92. The molecule has 4 aromatic carbocycles. The van der Waals surface area contributed by atoms with E-state index >= 15 is 0 Å². The second kappa shape index (κ2) is 7.09. The minimum absolute atomic E-state index is 0.878. The molecule has 5 aromatic rings. The molecule has 0 aliphatic heterocycles. The molecular weight excluding hydrogens is 340 g/mol. The third kappa shape index (κ3) is 3.06. The summed E-state index contributed by atoms with van der Waals surface area (Å²) < 4.78 is 0. The van der Waals surface area contributed by atoms with E-state index in [1.165, 1.54) is 10.8 Å². The average Bonchev–Trinajstić information content (AvgIpc) is 2.77. The lowest BCUT2D eigenvalue weighted by Gasteiger charge is -2.08. The van der Waals surface area contributed by atoms with E-state index < -0.39 is 0 Å². The lowest BCUT2D eigenvalue weighted by Crippen LogP contribution is -1.88. The highest BCUT2D eigenvalue weighted by molar-refractivity contribution is 5.98. The first-order valence-corrected chi connectivity index (χ1v) is 9.35. The Bertz CT molecular complexity index is 1300. The van der Waals surface area contributed by atoms with Crippen LogP contribution in [0.4, 0.5) is 5.69 Å². The molecule has 132 valence electrons. The summed E-state index contributed by atoms with van der Waals surface area (Å²) in [5, 5.41) is 3.52. The Kier molecular flexibility index (Phi) is 4.15. The lowest BCUT2D eigenvalue weighted by molar-refractivity contribution is 1.39. The Balaban J connectivity index is 1.65. The normalized spacial score (nSPS) is 11.4. The molecular formula is C26H18N2. The smallest absolute Gasteiger partial charge is 0.0965 e. The minimum Gasteiger partial charge on any atom is -0.254 e. The lowest BCUT2D eigenvalue weighted by atomic mass is 10.0.